The molecule has 2 rings (SSSR count). The van der Waals surface area contributed by atoms with E-state index in [9.17, 15) is 10.2 Å². The van der Waals surface area contributed by atoms with E-state index in [-0.39, 0.29) is 13.2 Å². The molecular formula is C23H33NO3. The van der Waals surface area contributed by atoms with Gasteiger partial charge in [-0.25, -0.2) is 0 Å². The predicted molar refractivity (Wildman–Crippen MR) is 110 cm³/mol. The van der Waals surface area contributed by atoms with E-state index in [1.807, 2.05) is 24.3 Å². The predicted octanol–water partition coefficient (Wildman–Crippen LogP) is 3.48. The Hall–Kier alpha value is -1.88. The van der Waals surface area contributed by atoms with Crippen molar-refractivity contribution in [3.63, 3.8) is 0 Å². The summed E-state index contributed by atoms with van der Waals surface area (Å²) in [6, 6.07) is 18.6. The van der Waals surface area contributed by atoms with Crippen molar-refractivity contribution >= 4 is 0 Å². The molecule has 4 heteroatoms. The highest BCUT2D eigenvalue weighted by atomic mass is 16.5. The molecule has 148 valence electrons. The molecule has 27 heavy (non-hydrogen) atoms. The number of ether oxygens (including phenoxy) is 1. The molecule has 2 aromatic carbocycles. The lowest BCUT2D eigenvalue weighted by molar-refractivity contribution is 0.115. The van der Waals surface area contributed by atoms with E-state index in [1.165, 1.54) is 24.8 Å². The van der Waals surface area contributed by atoms with E-state index in [2.05, 4.69) is 30.3 Å². The quantitative estimate of drug-likeness (QED) is 0.471. The lowest BCUT2D eigenvalue weighted by Gasteiger charge is -2.24. The first-order valence-electron chi connectivity index (χ1n) is 9.91. The average Bonchev–Trinajstić information content (AvgIpc) is 2.73. The third-order valence-corrected chi connectivity index (χ3v) is 4.94. The Kier molecular flexibility index (Phi) is 9.32. The molecule has 2 aromatic rings. The monoisotopic (exact) mass is 371 g/mol. The maximum atomic E-state index is 9.23. The van der Waals surface area contributed by atoms with Gasteiger partial charge in [-0.15, -0.1) is 0 Å². The lowest BCUT2D eigenvalue weighted by Crippen LogP contribution is -2.47. The molecule has 4 nitrogen and oxygen atoms in total. The van der Waals surface area contributed by atoms with E-state index in [4.69, 9.17) is 10.5 Å². The highest BCUT2D eigenvalue weighted by Gasteiger charge is 2.22. The van der Waals surface area contributed by atoms with Crippen LogP contribution in [0.2, 0.25) is 0 Å². The number of hydrogen-bond acceptors (Lipinski definition) is 4. The van der Waals surface area contributed by atoms with Gasteiger partial charge >= 0.3 is 0 Å². The van der Waals surface area contributed by atoms with Gasteiger partial charge in [0.25, 0.3) is 0 Å². The van der Waals surface area contributed by atoms with Crippen molar-refractivity contribution in [1.82, 2.24) is 0 Å². The van der Waals surface area contributed by atoms with Crippen LogP contribution in [0.25, 0.3) is 0 Å². The summed E-state index contributed by atoms with van der Waals surface area (Å²) in [6.45, 7) is 0.317. The van der Waals surface area contributed by atoms with Crippen LogP contribution < -0.4 is 10.5 Å². The summed E-state index contributed by atoms with van der Waals surface area (Å²) in [5.74, 6) is 0.881. The minimum atomic E-state index is -0.907. The van der Waals surface area contributed by atoms with Crippen LogP contribution in [-0.2, 0) is 12.8 Å². The van der Waals surface area contributed by atoms with Gasteiger partial charge in [-0.1, -0.05) is 55.3 Å². The zero-order chi connectivity index (χ0) is 19.4. The van der Waals surface area contributed by atoms with Crippen molar-refractivity contribution in [1.29, 1.82) is 0 Å². The summed E-state index contributed by atoms with van der Waals surface area (Å²) in [5.41, 5.74) is 7.53. The molecule has 0 unspecified atom stereocenters. The molecule has 0 saturated heterocycles. The Morgan fingerprint density at radius 2 is 1.37 bits per heavy atom. The van der Waals surface area contributed by atoms with Crippen molar-refractivity contribution in [3.8, 4) is 5.75 Å². The van der Waals surface area contributed by atoms with Crippen molar-refractivity contribution in [2.45, 2.75) is 50.5 Å². The topological polar surface area (TPSA) is 75.7 Å². The van der Waals surface area contributed by atoms with Crippen LogP contribution in [0.15, 0.2) is 54.6 Å². The van der Waals surface area contributed by atoms with E-state index in [1.54, 1.807) is 0 Å². The number of unbranched alkanes of at least 4 members (excludes halogenated alkanes) is 3. The Labute approximate surface area is 163 Å². The molecule has 0 heterocycles. The Balaban J connectivity index is 1.57. The molecule has 0 aliphatic rings. The summed E-state index contributed by atoms with van der Waals surface area (Å²) >= 11 is 0. The second-order valence-corrected chi connectivity index (χ2v) is 7.32. The zero-order valence-corrected chi connectivity index (χ0v) is 16.1. The number of rotatable bonds is 13. The van der Waals surface area contributed by atoms with Crippen LogP contribution in [0.5, 0.6) is 5.75 Å². The summed E-state index contributed by atoms with van der Waals surface area (Å²) in [4.78, 5) is 0. The van der Waals surface area contributed by atoms with Gasteiger partial charge in [-0.2, -0.15) is 0 Å². The average molecular weight is 372 g/mol. The van der Waals surface area contributed by atoms with E-state index in [0.29, 0.717) is 6.42 Å². The Morgan fingerprint density at radius 1 is 0.741 bits per heavy atom. The van der Waals surface area contributed by atoms with Crippen molar-refractivity contribution < 1.29 is 14.9 Å². The maximum absolute atomic E-state index is 9.23. The van der Waals surface area contributed by atoms with E-state index in [0.717, 1.165) is 37.2 Å². The maximum Gasteiger partial charge on any atom is 0.119 e. The molecular weight excluding hydrogens is 338 g/mol. The molecule has 0 spiro atoms. The van der Waals surface area contributed by atoms with Crippen LogP contribution in [0, 0.1) is 0 Å². The molecule has 0 radical (unpaired) electrons. The fraction of sp³-hybridized carbons (Fsp3) is 0.478. The molecule has 0 aliphatic carbocycles. The summed E-state index contributed by atoms with van der Waals surface area (Å²) in [7, 11) is 0. The SMILES string of the molecule is NC(CO)(CO)CCc1ccc(OCCCCCCc2ccccc2)cc1. The van der Waals surface area contributed by atoms with Crippen molar-refractivity contribution in [2.24, 2.45) is 5.73 Å². The highest BCUT2D eigenvalue weighted by Crippen LogP contribution is 2.17. The highest BCUT2D eigenvalue weighted by molar-refractivity contribution is 5.27. The minimum Gasteiger partial charge on any atom is -0.494 e. The third kappa shape index (κ3) is 8.12. The number of hydrogen-bond donors (Lipinski definition) is 3. The summed E-state index contributed by atoms with van der Waals surface area (Å²) in [5, 5.41) is 18.5. The van der Waals surface area contributed by atoms with Gasteiger partial charge in [0.2, 0.25) is 0 Å². The lowest BCUT2D eigenvalue weighted by atomic mass is 9.94. The molecule has 0 aliphatic heterocycles. The van der Waals surface area contributed by atoms with Crippen molar-refractivity contribution in [3.05, 3.63) is 65.7 Å². The van der Waals surface area contributed by atoms with Gasteiger partial charge in [0, 0.05) is 0 Å². The number of aryl methyl sites for hydroxylation is 2. The van der Waals surface area contributed by atoms with Crippen LogP contribution in [0.1, 0.15) is 43.2 Å². The number of aliphatic hydroxyl groups is 2. The second-order valence-electron chi connectivity index (χ2n) is 7.32. The number of aliphatic hydroxyl groups excluding tert-OH is 2. The van der Waals surface area contributed by atoms with Gasteiger partial charge in [0.1, 0.15) is 5.75 Å². The van der Waals surface area contributed by atoms with Crippen LogP contribution in [-0.4, -0.2) is 35.6 Å². The minimum absolute atomic E-state index is 0.212. The third-order valence-electron chi connectivity index (χ3n) is 4.94. The first-order chi connectivity index (χ1) is 13.1. The molecule has 0 bridgehead atoms. The fourth-order valence-corrected chi connectivity index (χ4v) is 2.97. The first kappa shape index (κ1) is 21.4. The van der Waals surface area contributed by atoms with Crippen LogP contribution in [0.4, 0.5) is 0 Å². The Bertz CT molecular complexity index is 624. The molecule has 0 atom stereocenters. The van der Waals surface area contributed by atoms with E-state index >= 15 is 0 Å². The number of benzene rings is 2. The molecule has 0 amide bonds. The molecule has 0 saturated carbocycles. The number of nitrogens with two attached hydrogens (primary N) is 1. The van der Waals surface area contributed by atoms with Gasteiger partial charge < -0.3 is 20.7 Å². The largest absolute Gasteiger partial charge is 0.494 e. The summed E-state index contributed by atoms with van der Waals surface area (Å²) < 4.78 is 5.81. The fourth-order valence-electron chi connectivity index (χ4n) is 2.97. The smallest absolute Gasteiger partial charge is 0.119 e. The van der Waals surface area contributed by atoms with Gasteiger partial charge in [0.05, 0.1) is 25.4 Å². The molecule has 0 aromatic heterocycles. The first-order valence-corrected chi connectivity index (χ1v) is 9.91. The van der Waals surface area contributed by atoms with Gasteiger partial charge in [-0.05, 0) is 55.4 Å². The zero-order valence-electron chi connectivity index (χ0n) is 16.1. The summed E-state index contributed by atoms with van der Waals surface area (Å²) in [6.07, 6.45) is 7.13. The standard InChI is InChI=1S/C23H33NO3/c24-23(18-25,19-26)16-15-21-11-13-22(14-12-21)27-17-7-2-1-4-8-20-9-5-3-6-10-20/h3,5-6,9-14,25-26H,1-2,4,7-8,15-19,24H2. The van der Waals surface area contributed by atoms with E-state index < -0.39 is 5.54 Å². The van der Waals surface area contributed by atoms with Gasteiger partial charge in [0.15, 0.2) is 0 Å². The second kappa shape index (κ2) is 11.8. The molecule has 4 N–H and O–H groups in total. The Morgan fingerprint density at radius 3 is 2.04 bits per heavy atom. The van der Waals surface area contributed by atoms with Crippen LogP contribution >= 0.6 is 0 Å². The normalized spacial score (nSPS) is 11.5. The van der Waals surface area contributed by atoms with Crippen LogP contribution in [0.3, 0.4) is 0 Å². The van der Waals surface area contributed by atoms with Crippen molar-refractivity contribution in [2.75, 3.05) is 19.8 Å². The molecule has 0 fully saturated rings. The van der Waals surface area contributed by atoms with Gasteiger partial charge in [-0.3, -0.25) is 0 Å².